The molecule has 0 aliphatic rings. The highest BCUT2D eigenvalue weighted by Gasteiger charge is 2.22. The van der Waals surface area contributed by atoms with E-state index in [0.717, 1.165) is 19.5 Å². The Morgan fingerprint density at radius 2 is 1.68 bits per heavy atom. The fourth-order valence-electron chi connectivity index (χ4n) is 2.19. The Hall–Kier alpha value is -1.33. The Morgan fingerprint density at radius 3 is 2.26 bits per heavy atom. The molecule has 0 saturated heterocycles. The first-order chi connectivity index (χ1) is 8.87. The Morgan fingerprint density at radius 1 is 1.05 bits per heavy atom. The highest BCUT2D eigenvalue weighted by atomic mass is 14.9. The highest BCUT2D eigenvalue weighted by molar-refractivity contribution is 5.23. The first-order valence-corrected chi connectivity index (χ1v) is 7.01. The van der Waals surface area contributed by atoms with Crippen molar-refractivity contribution in [2.75, 3.05) is 13.1 Å². The molecule has 0 unspecified atom stereocenters. The Balaban J connectivity index is 2.46. The van der Waals surface area contributed by atoms with Crippen LogP contribution in [-0.2, 0) is 5.41 Å². The van der Waals surface area contributed by atoms with Crippen LogP contribution in [0, 0.1) is 16.7 Å². The first kappa shape index (κ1) is 15.7. The summed E-state index contributed by atoms with van der Waals surface area (Å²) in [5.74, 6) is 0. The van der Waals surface area contributed by atoms with Gasteiger partial charge in [0.25, 0.3) is 0 Å². The standard InChI is InChI=1S/C17H26N2/c1-16(2,11-8-12-18)13-19-14-17(3,4)15-9-6-5-7-10-15/h5-7,9-10,19H,8,11,13-14H2,1-4H3. The van der Waals surface area contributed by atoms with Crippen molar-refractivity contribution in [1.29, 1.82) is 5.26 Å². The van der Waals surface area contributed by atoms with Gasteiger partial charge in [-0.2, -0.15) is 5.26 Å². The molecule has 19 heavy (non-hydrogen) atoms. The van der Waals surface area contributed by atoms with Gasteiger partial charge in [-0.15, -0.1) is 0 Å². The molecule has 104 valence electrons. The van der Waals surface area contributed by atoms with Gasteiger partial charge in [-0.1, -0.05) is 58.0 Å². The van der Waals surface area contributed by atoms with E-state index in [1.54, 1.807) is 0 Å². The second-order valence-electron chi connectivity index (χ2n) is 6.68. The summed E-state index contributed by atoms with van der Waals surface area (Å²) in [6.45, 7) is 10.9. The Kier molecular flexibility index (Phi) is 5.57. The van der Waals surface area contributed by atoms with Gasteiger partial charge in [-0.3, -0.25) is 0 Å². The zero-order chi connectivity index (χ0) is 14.4. The van der Waals surface area contributed by atoms with Crippen LogP contribution in [0.4, 0.5) is 0 Å². The number of nitriles is 1. The fourth-order valence-corrected chi connectivity index (χ4v) is 2.19. The maximum absolute atomic E-state index is 8.66. The summed E-state index contributed by atoms with van der Waals surface area (Å²) in [6.07, 6.45) is 1.58. The molecule has 0 spiro atoms. The average molecular weight is 258 g/mol. The van der Waals surface area contributed by atoms with E-state index < -0.39 is 0 Å². The van der Waals surface area contributed by atoms with Crippen molar-refractivity contribution in [3.05, 3.63) is 35.9 Å². The topological polar surface area (TPSA) is 35.8 Å². The van der Waals surface area contributed by atoms with E-state index in [0.29, 0.717) is 6.42 Å². The van der Waals surface area contributed by atoms with E-state index in [9.17, 15) is 0 Å². The summed E-state index contributed by atoms with van der Waals surface area (Å²) >= 11 is 0. The smallest absolute Gasteiger partial charge is 0.0621 e. The summed E-state index contributed by atoms with van der Waals surface area (Å²) < 4.78 is 0. The molecule has 2 heteroatoms. The third kappa shape index (κ3) is 5.44. The summed E-state index contributed by atoms with van der Waals surface area (Å²) in [6, 6.07) is 12.8. The lowest BCUT2D eigenvalue weighted by Gasteiger charge is -2.30. The predicted molar refractivity (Wildman–Crippen MR) is 81.0 cm³/mol. The van der Waals surface area contributed by atoms with E-state index in [2.05, 4.69) is 69.4 Å². The molecular formula is C17H26N2. The van der Waals surface area contributed by atoms with Gasteiger partial charge in [-0.25, -0.2) is 0 Å². The van der Waals surface area contributed by atoms with Crippen molar-refractivity contribution in [1.82, 2.24) is 5.32 Å². The monoisotopic (exact) mass is 258 g/mol. The normalized spacial score (nSPS) is 12.2. The van der Waals surface area contributed by atoms with Crippen LogP contribution in [0.5, 0.6) is 0 Å². The van der Waals surface area contributed by atoms with Crippen LogP contribution >= 0.6 is 0 Å². The van der Waals surface area contributed by atoms with Gasteiger partial charge < -0.3 is 5.32 Å². The molecule has 1 aromatic rings. The van der Waals surface area contributed by atoms with E-state index in [-0.39, 0.29) is 10.8 Å². The molecule has 0 atom stereocenters. The summed E-state index contributed by atoms with van der Waals surface area (Å²) in [5, 5.41) is 12.2. The van der Waals surface area contributed by atoms with Crippen molar-refractivity contribution < 1.29 is 0 Å². The first-order valence-electron chi connectivity index (χ1n) is 7.01. The van der Waals surface area contributed by atoms with Gasteiger partial charge in [-0.05, 0) is 17.4 Å². The van der Waals surface area contributed by atoms with Crippen LogP contribution in [0.3, 0.4) is 0 Å². The minimum Gasteiger partial charge on any atom is -0.315 e. The van der Waals surface area contributed by atoms with Crippen LogP contribution in [-0.4, -0.2) is 13.1 Å². The average Bonchev–Trinajstić information content (AvgIpc) is 2.37. The van der Waals surface area contributed by atoms with Crippen molar-refractivity contribution in [3.8, 4) is 6.07 Å². The number of nitrogens with one attached hydrogen (secondary N) is 1. The van der Waals surface area contributed by atoms with E-state index >= 15 is 0 Å². The van der Waals surface area contributed by atoms with Gasteiger partial charge in [0.15, 0.2) is 0 Å². The predicted octanol–water partition coefficient (Wildman–Crippen LogP) is 3.88. The largest absolute Gasteiger partial charge is 0.315 e. The number of hydrogen-bond donors (Lipinski definition) is 1. The lowest BCUT2D eigenvalue weighted by atomic mass is 9.83. The molecule has 0 radical (unpaired) electrons. The number of hydrogen-bond acceptors (Lipinski definition) is 2. The molecule has 0 bridgehead atoms. The molecule has 1 N–H and O–H groups in total. The zero-order valence-corrected chi connectivity index (χ0v) is 12.7. The second-order valence-corrected chi connectivity index (χ2v) is 6.68. The maximum Gasteiger partial charge on any atom is 0.0621 e. The molecule has 1 rings (SSSR count). The summed E-state index contributed by atoms with van der Waals surface area (Å²) in [4.78, 5) is 0. The van der Waals surface area contributed by atoms with Crippen molar-refractivity contribution in [2.45, 2.75) is 46.0 Å². The number of nitrogens with zero attached hydrogens (tertiary/aromatic N) is 1. The lowest BCUT2D eigenvalue weighted by Crippen LogP contribution is -2.38. The Bertz CT molecular complexity index is 413. The maximum atomic E-state index is 8.66. The minimum atomic E-state index is 0.132. The van der Waals surface area contributed by atoms with Gasteiger partial charge in [0.2, 0.25) is 0 Å². The third-order valence-corrected chi connectivity index (χ3v) is 3.64. The molecule has 0 saturated carbocycles. The molecule has 2 nitrogen and oxygen atoms in total. The quantitative estimate of drug-likeness (QED) is 0.805. The molecule has 0 aliphatic carbocycles. The van der Waals surface area contributed by atoms with Gasteiger partial charge >= 0.3 is 0 Å². The molecule has 1 aromatic carbocycles. The van der Waals surface area contributed by atoms with Crippen molar-refractivity contribution in [3.63, 3.8) is 0 Å². The molecule has 0 aliphatic heterocycles. The molecule has 0 amide bonds. The summed E-state index contributed by atoms with van der Waals surface area (Å²) in [7, 11) is 0. The highest BCUT2D eigenvalue weighted by Crippen LogP contribution is 2.24. The van der Waals surface area contributed by atoms with Crippen LogP contribution in [0.25, 0.3) is 0 Å². The molecular weight excluding hydrogens is 232 g/mol. The van der Waals surface area contributed by atoms with Crippen LogP contribution in [0.2, 0.25) is 0 Å². The van der Waals surface area contributed by atoms with Gasteiger partial charge in [0, 0.05) is 24.9 Å². The van der Waals surface area contributed by atoms with Gasteiger partial charge in [0.1, 0.15) is 0 Å². The van der Waals surface area contributed by atoms with E-state index in [1.807, 2.05) is 0 Å². The molecule has 0 fully saturated rings. The third-order valence-electron chi connectivity index (χ3n) is 3.64. The lowest BCUT2D eigenvalue weighted by molar-refractivity contribution is 0.304. The fraction of sp³-hybridized carbons (Fsp3) is 0.588. The number of rotatable bonds is 7. The van der Waals surface area contributed by atoms with Crippen molar-refractivity contribution >= 4 is 0 Å². The van der Waals surface area contributed by atoms with E-state index in [1.165, 1.54) is 5.56 Å². The Labute approximate surface area is 117 Å². The van der Waals surface area contributed by atoms with Gasteiger partial charge in [0.05, 0.1) is 6.07 Å². The second kappa shape index (κ2) is 6.73. The molecule has 0 heterocycles. The van der Waals surface area contributed by atoms with Crippen LogP contribution in [0.15, 0.2) is 30.3 Å². The molecule has 0 aromatic heterocycles. The summed E-state index contributed by atoms with van der Waals surface area (Å²) in [5.41, 5.74) is 1.67. The van der Waals surface area contributed by atoms with Crippen LogP contribution < -0.4 is 5.32 Å². The van der Waals surface area contributed by atoms with Crippen LogP contribution in [0.1, 0.15) is 46.1 Å². The van der Waals surface area contributed by atoms with Crippen molar-refractivity contribution in [2.24, 2.45) is 5.41 Å². The SMILES string of the molecule is CC(C)(CCC#N)CNCC(C)(C)c1ccccc1. The zero-order valence-electron chi connectivity index (χ0n) is 12.7. The van der Waals surface area contributed by atoms with E-state index in [4.69, 9.17) is 5.26 Å². The minimum absolute atomic E-state index is 0.132. The number of benzene rings is 1.